The van der Waals surface area contributed by atoms with E-state index in [2.05, 4.69) is 10.6 Å². The van der Waals surface area contributed by atoms with Crippen LogP contribution in [0.15, 0.2) is 48.5 Å². The second-order valence-electron chi connectivity index (χ2n) is 6.96. The van der Waals surface area contributed by atoms with Crippen LogP contribution in [0.4, 0.5) is 10.1 Å². The molecular weight excluding hydrogens is 363 g/mol. The molecule has 3 rings (SSSR count). The molecule has 2 aromatic carbocycles. The van der Waals surface area contributed by atoms with Crippen LogP contribution in [0.2, 0.25) is 0 Å². The normalized spacial score (nSPS) is 18.8. The van der Waals surface area contributed by atoms with Gasteiger partial charge in [-0.05, 0) is 42.7 Å². The third-order valence-electron chi connectivity index (χ3n) is 4.78. The SMILES string of the molecule is CC(NC(=O)C1CC1C(=O)O)c1cccc(NC(=O)Cc2ccccc2F)c1. The Kier molecular flexibility index (Phi) is 5.73. The number of carbonyl (C=O) groups is 3. The van der Waals surface area contributed by atoms with E-state index in [-0.39, 0.29) is 24.3 Å². The number of hydrogen-bond acceptors (Lipinski definition) is 3. The Hall–Kier alpha value is -3.22. The zero-order valence-corrected chi connectivity index (χ0v) is 15.3. The molecule has 0 spiro atoms. The second-order valence-corrected chi connectivity index (χ2v) is 6.96. The third kappa shape index (κ3) is 4.73. The molecule has 0 heterocycles. The highest BCUT2D eigenvalue weighted by molar-refractivity contribution is 5.92. The van der Waals surface area contributed by atoms with Gasteiger partial charge < -0.3 is 15.7 Å². The number of aliphatic carboxylic acids is 1. The molecule has 3 N–H and O–H groups in total. The fraction of sp³-hybridized carbons (Fsp3) is 0.286. The summed E-state index contributed by atoms with van der Waals surface area (Å²) in [5.74, 6) is -3.09. The summed E-state index contributed by atoms with van der Waals surface area (Å²) in [5, 5.41) is 14.5. The van der Waals surface area contributed by atoms with Gasteiger partial charge in [0.2, 0.25) is 11.8 Å². The van der Waals surface area contributed by atoms with Crippen molar-refractivity contribution in [1.82, 2.24) is 5.32 Å². The molecular formula is C21H21FN2O4. The van der Waals surface area contributed by atoms with Crippen molar-refractivity contribution < 1.29 is 23.9 Å². The van der Waals surface area contributed by atoms with E-state index in [1.165, 1.54) is 6.07 Å². The highest BCUT2D eigenvalue weighted by Gasteiger charge is 2.48. The maximum atomic E-state index is 13.7. The molecule has 146 valence electrons. The number of benzene rings is 2. The molecule has 3 atom stereocenters. The van der Waals surface area contributed by atoms with Crippen molar-refractivity contribution in [2.45, 2.75) is 25.8 Å². The molecule has 0 radical (unpaired) electrons. The lowest BCUT2D eigenvalue weighted by molar-refractivity contribution is -0.140. The van der Waals surface area contributed by atoms with Gasteiger partial charge in [-0.15, -0.1) is 0 Å². The van der Waals surface area contributed by atoms with Gasteiger partial charge in [-0.1, -0.05) is 30.3 Å². The molecule has 0 aromatic heterocycles. The minimum Gasteiger partial charge on any atom is -0.481 e. The van der Waals surface area contributed by atoms with Crippen molar-refractivity contribution in [3.05, 3.63) is 65.5 Å². The topological polar surface area (TPSA) is 95.5 Å². The van der Waals surface area contributed by atoms with E-state index in [9.17, 15) is 18.8 Å². The zero-order chi connectivity index (χ0) is 20.3. The summed E-state index contributed by atoms with van der Waals surface area (Å²) in [6, 6.07) is 12.7. The highest BCUT2D eigenvalue weighted by Crippen LogP contribution is 2.39. The first kappa shape index (κ1) is 19.5. The van der Waals surface area contributed by atoms with Crippen LogP contribution in [0.25, 0.3) is 0 Å². The van der Waals surface area contributed by atoms with Gasteiger partial charge in [-0.2, -0.15) is 0 Å². The summed E-state index contributed by atoms with van der Waals surface area (Å²) in [7, 11) is 0. The van der Waals surface area contributed by atoms with Crippen LogP contribution in [0.3, 0.4) is 0 Å². The molecule has 2 aromatic rings. The molecule has 1 aliphatic rings. The molecule has 1 saturated carbocycles. The van der Waals surface area contributed by atoms with Crippen molar-refractivity contribution in [2.75, 3.05) is 5.32 Å². The lowest BCUT2D eigenvalue weighted by Crippen LogP contribution is -2.29. The van der Waals surface area contributed by atoms with E-state index in [0.29, 0.717) is 17.7 Å². The van der Waals surface area contributed by atoms with Crippen molar-refractivity contribution in [1.29, 1.82) is 0 Å². The van der Waals surface area contributed by atoms with Crippen molar-refractivity contribution in [3.8, 4) is 0 Å². The first-order valence-electron chi connectivity index (χ1n) is 9.01. The molecule has 2 amide bonds. The van der Waals surface area contributed by atoms with Gasteiger partial charge in [0.1, 0.15) is 5.82 Å². The smallest absolute Gasteiger partial charge is 0.307 e. The quantitative estimate of drug-likeness (QED) is 0.684. The number of anilines is 1. The highest BCUT2D eigenvalue weighted by atomic mass is 19.1. The summed E-state index contributed by atoms with van der Waals surface area (Å²) in [4.78, 5) is 35.2. The Bertz CT molecular complexity index is 915. The van der Waals surface area contributed by atoms with Crippen LogP contribution in [-0.2, 0) is 20.8 Å². The molecule has 7 heteroatoms. The summed E-state index contributed by atoms with van der Waals surface area (Å²) >= 11 is 0. The van der Waals surface area contributed by atoms with Gasteiger partial charge in [0.15, 0.2) is 0 Å². The average Bonchev–Trinajstić information content (AvgIpc) is 3.45. The van der Waals surface area contributed by atoms with Gasteiger partial charge in [-0.25, -0.2) is 4.39 Å². The molecule has 1 fully saturated rings. The van der Waals surface area contributed by atoms with Crippen molar-refractivity contribution in [3.63, 3.8) is 0 Å². The second kappa shape index (κ2) is 8.21. The predicted octanol–water partition coefficient (Wildman–Crippen LogP) is 2.90. The first-order valence-corrected chi connectivity index (χ1v) is 9.01. The van der Waals surface area contributed by atoms with Gasteiger partial charge in [-0.3, -0.25) is 14.4 Å². The lowest BCUT2D eigenvalue weighted by atomic mass is 10.1. The Morgan fingerprint density at radius 1 is 1.14 bits per heavy atom. The zero-order valence-electron chi connectivity index (χ0n) is 15.3. The summed E-state index contributed by atoms with van der Waals surface area (Å²) in [6.45, 7) is 1.79. The van der Waals surface area contributed by atoms with E-state index < -0.39 is 23.6 Å². The van der Waals surface area contributed by atoms with Crippen LogP contribution in [0, 0.1) is 17.7 Å². The van der Waals surface area contributed by atoms with Crippen LogP contribution in [0.1, 0.15) is 30.5 Å². The van der Waals surface area contributed by atoms with Crippen LogP contribution in [0.5, 0.6) is 0 Å². The van der Waals surface area contributed by atoms with Gasteiger partial charge in [0, 0.05) is 5.69 Å². The number of hydrogen-bond donors (Lipinski definition) is 3. The molecule has 6 nitrogen and oxygen atoms in total. The minimum atomic E-state index is -0.952. The monoisotopic (exact) mass is 384 g/mol. The van der Waals surface area contributed by atoms with Crippen molar-refractivity contribution in [2.24, 2.45) is 11.8 Å². The van der Waals surface area contributed by atoms with E-state index >= 15 is 0 Å². The summed E-state index contributed by atoms with van der Waals surface area (Å²) < 4.78 is 13.7. The van der Waals surface area contributed by atoms with E-state index in [1.54, 1.807) is 49.4 Å². The Morgan fingerprint density at radius 2 is 1.89 bits per heavy atom. The third-order valence-corrected chi connectivity index (χ3v) is 4.78. The van der Waals surface area contributed by atoms with Crippen LogP contribution >= 0.6 is 0 Å². The van der Waals surface area contributed by atoms with Gasteiger partial charge in [0.05, 0.1) is 24.3 Å². The number of carboxylic acids is 1. The van der Waals surface area contributed by atoms with Crippen LogP contribution in [-0.4, -0.2) is 22.9 Å². The van der Waals surface area contributed by atoms with Gasteiger partial charge in [0.25, 0.3) is 0 Å². The number of rotatable bonds is 7. The molecule has 0 aliphatic heterocycles. The Labute approximate surface area is 161 Å². The van der Waals surface area contributed by atoms with Crippen LogP contribution < -0.4 is 10.6 Å². The molecule has 0 bridgehead atoms. The number of carboxylic acid groups (broad SMARTS) is 1. The molecule has 1 aliphatic carbocycles. The largest absolute Gasteiger partial charge is 0.481 e. The van der Waals surface area contributed by atoms with Gasteiger partial charge >= 0.3 is 5.97 Å². The van der Waals surface area contributed by atoms with E-state index in [4.69, 9.17) is 5.11 Å². The number of carbonyl (C=O) groups excluding carboxylic acids is 2. The van der Waals surface area contributed by atoms with Crippen molar-refractivity contribution >= 4 is 23.5 Å². The molecule has 3 unspecified atom stereocenters. The summed E-state index contributed by atoms with van der Waals surface area (Å²) in [5.41, 5.74) is 1.62. The molecule has 0 saturated heterocycles. The standard InChI is InChI=1S/C21H21FN2O4/c1-12(23-20(26)16-11-17(16)21(27)28)13-6-4-7-15(9-13)24-19(25)10-14-5-2-3-8-18(14)22/h2-9,12,16-17H,10-11H2,1H3,(H,23,26)(H,24,25)(H,27,28). The minimum absolute atomic E-state index is 0.0819. The number of nitrogens with one attached hydrogen (secondary N) is 2. The Morgan fingerprint density at radius 3 is 2.57 bits per heavy atom. The Balaban J connectivity index is 1.59. The fourth-order valence-electron chi connectivity index (χ4n) is 3.07. The number of amides is 2. The maximum Gasteiger partial charge on any atom is 0.307 e. The predicted molar refractivity (Wildman–Crippen MR) is 101 cm³/mol. The molecule has 28 heavy (non-hydrogen) atoms. The number of halogens is 1. The summed E-state index contributed by atoms with van der Waals surface area (Å²) in [6.07, 6.45) is 0.279. The average molecular weight is 384 g/mol. The van der Waals surface area contributed by atoms with E-state index in [1.807, 2.05) is 0 Å². The fourth-order valence-corrected chi connectivity index (χ4v) is 3.07. The maximum absolute atomic E-state index is 13.7. The first-order chi connectivity index (χ1) is 13.3. The van der Waals surface area contributed by atoms with E-state index in [0.717, 1.165) is 5.56 Å². The lowest BCUT2D eigenvalue weighted by Gasteiger charge is -2.16.